The van der Waals surface area contributed by atoms with Gasteiger partial charge >= 0.3 is 0 Å². The maximum atomic E-state index is 14.1. The van der Waals surface area contributed by atoms with E-state index in [-0.39, 0.29) is 36.6 Å². The number of ketones is 2. The van der Waals surface area contributed by atoms with Crippen molar-refractivity contribution < 1.29 is 23.1 Å². The number of ether oxygens (including phenoxy) is 1. The Morgan fingerprint density at radius 2 is 1.91 bits per heavy atom. The molecule has 0 bridgehead atoms. The van der Waals surface area contributed by atoms with Crippen LogP contribution < -0.4 is 10.1 Å². The topological polar surface area (TPSA) is 55.4 Å². The van der Waals surface area contributed by atoms with E-state index in [0.717, 1.165) is 11.1 Å². The van der Waals surface area contributed by atoms with Crippen LogP contribution in [0.3, 0.4) is 0 Å². The van der Waals surface area contributed by atoms with Crippen LogP contribution in [0.15, 0.2) is 42.5 Å². The van der Waals surface area contributed by atoms with Crippen molar-refractivity contribution in [3.63, 3.8) is 0 Å². The molecule has 0 radical (unpaired) electrons. The summed E-state index contributed by atoms with van der Waals surface area (Å²) in [6.07, 6.45) is 1.47. The van der Waals surface area contributed by atoms with E-state index in [2.05, 4.69) is 5.32 Å². The summed E-state index contributed by atoms with van der Waals surface area (Å²) < 4.78 is 34.3. The number of alkyl halides is 2. The molecule has 0 aromatic heterocycles. The van der Waals surface area contributed by atoms with Crippen LogP contribution in [0.4, 0.5) is 8.78 Å². The van der Waals surface area contributed by atoms with Gasteiger partial charge in [-0.3, -0.25) is 9.59 Å². The lowest BCUT2D eigenvalue weighted by Crippen LogP contribution is -2.45. The van der Waals surface area contributed by atoms with Crippen LogP contribution in [0, 0.1) is 5.92 Å². The lowest BCUT2D eigenvalue weighted by molar-refractivity contribution is -0.0764. The van der Waals surface area contributed by atoms with Gasteiger partial charge in [0.25, 0.3) is 5.92 Å². The van der Waals surface area contributed by atoms with Crippen LogP contribution in [-0.4, -0.2) is 36.7 Å². The zero-order chi connectivity index (χ0) is 23.6. The van der Waals surface area contributed by atoms with Gasteiger partial charge in [-0.15, -0.1) is 0 Å². The van der Waals surface area contributed by atoms with Crippen LogP contribution in [-0.2, 0) is 0 Å². The number of halogens is 2. The summed E-state index contributed by atoms with van der Waals surface area (Å²) in [5.41, 5.74) is 2.81. The van der Waals surface area contributed by atoms with Crippen molar-refractivity contribution >= 4 is 11.6 Å². The fraction of sp³-hybridized carbons (Fsp3) is 0.481. The first-order chi connectivity index (χ1) is 15.8. The number of hydrogen-bond donors (Lipinski definition) is 1. The normalized spacial score (nSPS) is 23.6. The second-order valence-corrected chi connectivity index (χ2v) is 9.17. The smallest absolute Gasteiger partial charge is 0.263 e. The molecule has 2 aliphatic rings. The summed E-state index contributed by atoms with van der Waals surface area (Å²) in [4.78, 5) is 25.8. The van der Waals surface area contributed by atoms with Crippen molar-refractivity contribution in [3.05, 3.63) is 64.7 Å². The zero-order valence-corrected chi connectivity index (χ0v) is 19.2. The van der Waals surface area contributed by atoms with Crippen molar-refractivity contribution in [1.29, 1.82) is 0 Å². The number of nitrogens with one attached hydrogen (secondary N) is 1. The van der Waals surface area contributed by atoms with Gasteiger partial charge in [0.05, 0.1) is 12.1 Å². The van der Waals surface area contributed by atoms with Gasteiger partial charge in [0, 0.05) is 35.8 Å². The van der Waals surface area contributed by atoms with Gasteiger partial charge in [-0.25, -0.2) is 8.78 Å². The minimum absolute atomic E-state index is 0.0730. The molecule has 2 heterocycles. The minimum Gasteiger partial charge on any atom is -0.489 e. The molecule has 0 spiro atoms. The number of benzene rings is 2. The molecule has 0 unspecified atom stereocenters. The Kier molecular flexibility index (Phi) is 6.94. The van der Waals surface area contributed by atoms with E-state index in [1.165, 1.54) is 0 Å². The largest absolute Gasteiger partial charge is 0.489 e. The first kappa shape index (κ1) is 23.6. The molecule has 2 aromatic carbocycles. The molecule has 1 saturated heterocycles. The minimum atomic E-state index is -2.73. The van der Waals surface area contributed by atoms with E-state index in [1.54, 1.807) is 13.0 Å². The van der Waals surface area contributed by atoms with Crippen LogP contribution in [0.5, 0.6) is 5.75 Å². The van der Waals surface area contributed by atoms with Crippen molar-refractivity contribution in [2.45, 2.75) is 63.9 Å². The van der Waals surface area contributed by atoms with Gasteiger partial charge in [-0.05, 0) is 50.4 Å². The molecule has 176 valence electrons. The molecule has 4 nitrogen and oxygen atoms in total. The van der Waals surface area contributed by atoms with Crippen LogP contribution in [0.1, 0.15) is 83.7 Å². The highest BCUT2D eigenvalue weighted by atomic mass is 19.3. The third-order valence-corrected chi connectivity index (χ3v) is 6.91. The van der Waals surface area contributed by atoms with E-state index >= 15 is 0 Å². The van der Waals surface area contributed by atoms with Gasteiger partial charge in [0.1, 0.15) is 11.9 Å². The summed E-state index contributed by atoms with van der Waals surface area (Å²) in [7, 11) is 0. The summed E-state index contributed by atoms with van der Waals surface area (Å²) in [6.45, 7) is 4.05. The summed E-state index contributed by atoms with van der Waals surface area (Å²) in [5.74, 6) is -3.13. The number of carbonyl (C=O) groups excluding carboxylic acids is 2. The second-order valence-electron chi connectivity index (χ2n) is 9.17. The average molecular weight is 456 g/mol. The van der Waals surface area contributed by atoms with Gasteiger partial charge < -0.3 is 10.1 Å². The Labute approximate surface area is 193 Å². The van der Waals surface area contributed by atoms with Gasteiger partial charge in [0.2, 0.25) is 0 Å². The SMILES string of the molecule is CCC(=O)c1cc(C(=O)CCC[C@H]2CCNCC2(F)F)cc2c1O[C@H](C)[C@H]2c1ccccc1. The molecule has 1 fully saturated rings. The lowest BCUT2D eigenvalue weighted by atomic mass is 9.85. The summed E-state index contributed by atoms with van der Waals surface area (Å²) >= 11 is 0. The van der Waals surface area contributed by atoms with E-state index in [0.29, 0.717) is 49.1 Å². The Morgan fingerprint density at radius 3 is 2.61 bits per heavy atom. The lowest BCUT2D eigenvalue weighted by Gasteiger charge is -2.31. The van der Waals surface area contributed by atoms with Crippen LogP contribution in [0.25, 0.3) is 0 Å². The number of rotatable bonds is 8. The van der Waals surface area contributed by atoms with Crippen molar-refractivity contribution in [1.82, 2.24) is 5.32 Å². The highest BCUT2D eigenvalue weighted by Crippen LogP contribution is 2.45. The maximum absolute atomic E-state index is 14.1. The third kappa shape index (κ3) is 4.86. The highest BCUT2D eigenvalue weighted by molar-refractivity contribution is 6.04. The van der Waals surface area contributed by atoms with Crippen molar-refractivity contribution in [3.8, 4) is 5.75 Å². The average Bonchev–Trinajstić information content (AvgIpc) is 3.14. The van der Waals surface area contributed by atoms with Gasteiger partial charge in [0.15, 0.2) is 11.6 Å². The van der Waals surface area contributed by atoms with Gasteiger partial charge in [-0.1, -0.05) is 37.3 Å². The summed E-state index contributed by atoms with van der Waals surface area (Å²) in [6, 6.07) is 13.4. The molecule has 0 saturated carbocycles. The van der Waals surface area contributed by atoms with Crippen LogP contribution >= 0.6 is 0 Å². The van der Waals surface area contributed by atoms with E-state index < -0.39 is 11.8 Å². The molecule has 2 aliphatic heterocycles. The molecule has 4 rings (SSSR count). The second kappa shape index (κ2) is 9.72. The molecule has 0 aliphatic carbocycles. The summed E-state index contributed by atoms with van der Waals surface area (Å²) in [5, 5.41) is 2.74. The number of carbonyl (C=O) groups is 2. The predicted molar refractivity (Wildman–Crippen MR) is 124 cm³/mol. The zero-order valence-electron chi connectivity index (χ0n) is 19.2. The van der Waals surface area contributed by atoms with Crippen molar-refractivity contribution in [2.75, 3.05) is 13.1 Å². The molecule has 2 aromatic rings. The third-order valence-electron chi connectivity index (χ3n) is 6.91. The van der Waals surface area contributed by atoms with E-state index in [1.807, 2.05) is 43.3 Å². The monoisotopic (exact) mass is 455 g/mol. The van der Waals surface area contributed by atoms with Crippen LogP contribution in [0.2, 0.25) is 0 Å². The fourth-order valence-corrected chi connectivity index (χ4v) is 5.09. The predicted octanol–water partition coefficient (Wildman–Crippen LogP) is 5.79. The van der Waals surface area contributed by atoms with E-state index in [9.17, 15) is 18.4 Å². The van der Waals surface area contributed by atoms with Gasteiger partial charge in [-0.2, -0.15) is 0 Å². The Bertz CT molecular complexity index is 1020. The Balaban J connectivity index is 1.58. The molecule has 0 amide bonds. The number of hydrogen-bond acceptors (Lipinski definition) is 4. The molecular formula is C27H31F2NO3. The first-order valence-electron chi connectivity index (χ1n) is 11.9. The molecular weight excluding hydrogens is 424 g/mol. The van der Waals surface area contributed by atoms with Crippen molar-refractivity contribution in [2.24, 2.45) is 5.92 Å². The standard InChI is InChI=1S/C27H31F2NO3/c1-3-23(31)21-14-19(24(32)11-7-10-20-12-13-30-16-27(20,28)29)15-22-25(17(2)33-26(21)22)18-8-5-4-6-9-18/h4-6,8-9,14-15,17,20,25,30H,3,7,10-13,16H2,1-2H3/t17-,20+,25+/m1/s1. The van der Waals surface area contributed by atoms with E-state index in [4.69, 9.17) is 4.74 Å². The Hall–Kier alpha value is -2.60. The number of piperidine rings is 1. The molecule has 6 heteroatoms. The molecule has 33 heavy (non-hydrogen) atoms. The number of fused-ring (bicyclic) bond motifs is 1. The highest BCUT2D eigenvalue weighted by Gasteiger charge is 2.41. The number of Topliss-reactive ketones (excluding diaryl/α,β-unsaturated/α-hetero) is 2. The Morgan fingerprint density at radius 1 is 1.15 bits per heavy atom. The molecule has 3 atom stereocenters. The fourth-order valence-electron chi connectivity index (χ4n) is 5.09. The first-order valence-corrected chi connectivity index (χ1v) is 11.9. The molecule has 1 N–H and O–H groups in total. The quantitative estimate of drug-likeness (QED) is 0.512. The maximum Gasteiger partial charge on any atom is 0.263 e.